The Labute approximate surface area is 36.8 Å². The zero-order valence-electron chi connectivity index (χ0n) is 3.82. The second kappa shape index (κ2) is 3.09. The highest BCUT2D eigenvalue weighted by atomic mass is 19.1. The van der Waals surface area contributed by atoms with Crippen LogP contribution >= 0.6 is 0 Å². The molecule has 1 N–H and O–H groups in total. The molecule has 0 aromatic rings. The number of rotatable bonds is 2. The standard InChI is InChI=1S/C4H9FO/c1-2-4(5)3-6/h4,6H,2-3H2,1H3. The lowest BCUT2D eigenvalue weighted by Gasteiger charge is -1.93. The van der Waals surface area contributed by atoms with Gasteiger partial charge in [-0.05, 0) is 6.42 Å². The maximum Gasteiger partial charge on any atom is 0.123 e. The van der Waals surface area contributed by atoms with Gasteiger partial charge < -0.3 is 5.11 Å². The second-order valence-corrected chi connectivity index (χ2v) is 1.19. The molecule has 0 aliphatic rings. The fourth-order valence-electron chi connectivity index (χ4n) is 0.129. The third kappa shape index (κ3) is 2.15. The second-order valence-electron chi connectivity index (χ2n) is 1.19. The minimum atomic E-state index is -1.01. The van der Waals surface area contributed by atoms with Crippen LogP contribution < -0.4 is 0 Å². The molecule has 0 aliphatic heterocycles. The van der Waals surface area contributed by atoms with Gasteiger partial charge in [0, 0.05) is 0 Å². The van der Waals surface area contributed by atoms with E-state index in [0.29, 0.717) is 6.42 Å². The van der Waals surface area contributed by atoms with Gasteiger partial charge in [-0.1, -0.05) is 6.92 Å². The van der Waals surface area contributed by atoms with Gasteiger partial charge in [-0.2, -0.15) is 0 Å². The van der Waals surface area contributed by atoms with Crippen LogP contribution in [0.5, 0.6) is 0 Å². The van der Waals surface area contributed by atoms with Crippen molar-refractivity contribution in [3.8, 4) is 0 Å². The molecule has 38 valence electrons. The lowest BCUT2D eigenvalue weighted by atomic mass is 10.3. The maximum absolute atomic E-state index is 11.6. The Kier molecular flexibility index (Phi) is 3.04. The lowest BCUT2D eigenvalue weighted by Crippen LogP contribution is -2.01. The van der Waals surface area contributed by atoms with Crippen molar-refractivity contribution in [3.05, 3.63) is 0 Å². The number of aliphatic hydroxyl groups excluding tert-OH is 1. The highest BCUT2D eigenvalue weighted by Crippen LogP contribution is 1.91. The Balaban J connectivity index is 2.75. The van der Waals surface area contributed by atoms with Crippen molar-refractivity contribution in [1.29, 1.82) is 0 Å². The van der Waals surface area contributed by atoms with Gasteiger partial charge in [0.2, 0.25) is 0 Å². The molecule has 1 atom stereocenters. The summed E-state index contributed by atoms with van der Waals surface area (Å²) in [4.78, 5) is 0. The van der Waals surface area contributed by atoms with Crippen molar-refractivity contribution in [2.45, 2.75) is 19.5 Å². The molecule has 0 aromatic carbocycles. The van der Waals surface area contributed by atoms with Crippen LogP contribution in [0.2, 0.25) is 0 Å². The molecular weight excluding hydrogens is 83.0 g/mol. The van der Waals surface area contributed by atoms with Gasteiger partial charge in [0.25, 0.3) is 0 Å². The Morgan fingerprint density at radius 1 is 1.83 bits per heavy atom. The molecule has 0 rings (SSSR count). The van der Waals surface area contributed by atoms with E-state index in [-0.39, 0.29) is 6.61 Å². The van der Waals surface area contributed by atoms with Crippen molar-refractivity contribution < 1.29 is 9.50 Å². The van der Waals surface area contributed by atoms with Crippen LogP contribution in [0.4, 0.5) is 4.39 Å². The molecule has 0 radical (unpaired) electrons. The van der Waals surface area contributed by atoms with Crippen molar-refractivity contribution in [3.63, 3.8) is 0 Å². The third-order valence-corrected chi connectivity index (χ3v) is 0.641. The molecule has 0 bridgehead atoms. The van der Waals surface area contributed by atoms with Crippen LogP contribution in [0, 0.1) is 0 Å². The zero-order chi connectivity index (χ0) is 4.99. The minimum absolute atomic E-state index is 0.337. The van der Waals surface area contributed by atoms with Crippen LogP contribution in [0.15, 0.2) is 0 Å². The molecule has 0 fully saturated rings. The molecule has 0 aromatic heterocycles. The Bertz CT molecular complexity index is 26.7. The van der Waals surface area contributed by atoms with E-state index in [0.717, 1.165) is 0 Å². The third-order valence-electron chi connectivity index (χ3n) is 0.641. The Hall–Kier alpha value is -0.110. The summed E-state index contributed by atoms with van der Waals surface area (Å²) in [5.41, 5.74) is 0. The van der Waals surface area contributed by atoms with Gasteiger partial charge in [0.15, 0.2) is 0 Å². The average molecular weight is 92.1 g/mol. The van der Waals surface area contributed by atoms with E-state index in [1.54, 1.807) is 6.92 Å². The first-order valence-electron chi connectivity index (χ1n) is 2.06. The molecule has 0 spiro atoms. The number of hydrogen-bond acceptors (Lipinski definition) is 1. The largest absolute Gasteiger partial charge is 0.393 e. The normalized spacial score (nSPS) is 14.5. The van der Waals surface area contributed by atoms with Gasteiger partial charge >= 0.3 is 0 Å². The number of hydrogen-bond donors (Lipinski definition) is 1. The highest BCUT2D eigenvalue weighted by Gasteiger charge is 1.95. The van der Waals surface area contributed by atoms with Gasteiger partial charge in [-0.3, -0.25) is 0 Å². The summed E-state index contributed by atoms with van der Waals surface area (Å²) in [7, 11) is 0. The first-order valence-corrected chi connectivity index (χ1v) is 2.06. The summed E-state index contributed by atoms with van der Waals surface area (Å²) in [6.45, 7) is 1.36. The topological polar surface area (TPSA) is 20.2 Å². The van der Waals surface area contributed by atoms with E-state index in [1.807, 2.05) is 0 Å². The van der Waals surface area contributed by atoms with Crippen LogP contribution in [-0.2, 0) is 0 Å². The lowest BCUT2D eigenvalue weighted by molar-refractivity contribution is 0.174. The monoisotopic (exact) mass is 92.1 g/mol. The van der Waals surface area contributed by atoms with Gasteiger partial charge in [-0.25, -0.2) is 4.39 Å². The number of aliphatic hydroxyl groups is 1. The predicted molar refractivity (Wildman–Crippen MR) is 22.3 cm³/mol. The summed E-state index contributed by atoms with van der Waals surface area (Å²) in [6.07, 6.45) is -0.596. The first kappa shape index (κ1) is 5.89. The molecule has 0 amide bonds. The van der Waals surface area contributed by atoms with Crippen molar-refractivity contribution >= 4 is 0 Å². The molecule has 0 saturated carbocycles. The van der Waals surface area contributed by atoms with Crippen LogP contribution in [0.25, 0.3) is 0 Å². The minimum Gasteiger partial charge on any atom is -0.393 e. The van der Waals surface area contributed by atoms with E-state index in [9.17, 15) is 4.39 Å². The molecular formula is C4H9FO. The fourth-order valence-corrected chi connectivity index (χ4v) is 0.129. The molecule has 1 unspecified atom stereocenters. The Morgan fingerprint density at radius 3 is 2.33 bits per heavy atom. The first-order chi connectivity index (χ1) is 2.81. The summed E-state index contributed by atoms with van der Waals surface area (Å²) in [6, 6.07) is 0. The van der Waals surface area contributed by atoms with Crippen LogP contribution in [0.1, 0.15) is 13.3 Å². The molecule has 6 heavy (non-hydrogen) atoms. The number of alkyl halides is 1. The summed E-state index contributed by atoms with van der Waals surface area (Å²) in [5, 5.41) is 7.96. The van der Waals surface area contributed by atoms with E-state index >= 15 is 0 Å². The molecule has 0 saturated heterocycles. The SMILES string of the molecule is CCC(F)CO. The van der Waals surface area contributed by atoms with Crippen molar-refractivity contribution in [2.24, 2.45) is 0 Å². The van der Waals surface area contributed by atoms with E-state index < -0.39 is 6.17 Å². The maximum atomic E-state index is 11.6. The van der Waals surface area contributed by atoms with Crippen molar-refractivity contribution in [2.75, 3.05) is 6.61 Å². The number of halogens is 1. The Morgan fingerprint density at radius 2 is 2.33 bits per heavy atom. The summed E-state index contributed by atoms with van der Waals surface area (Å²) in [5.74, 6) is 0. The summed E-state index contributed by atoms with van der Waals surface area (Å²) < 4.78 is 11.6. The zero-order valence-corrected chi connectivity index (χ0v) is 3.82. The molecule has 0 heterocycles. The van der Waals surface area contributed by atoms with Crippen LogP contribution in [-0.4, -0.2) is 17.9 Å². The summed E-state index contributed by atoms with van der Waals surface area (Å²) >= 11 is 0. The van der Waals surface area contributed by atoms with Gasteiger partial charge in [0.1, 0.15) is 6.17 Å². The van der Waals surface area contributed by atoms with E-state index in [2.05, 4.69) is 0 Å². The van der Waals surface area contributed by atoms with E-state index in [4.69, 9.17) is 5.11 Å². The predicted octanol–water partition coefficient (Wildman–Crippen LogP) is 0.727. The molecule has 1 nitrogen and oxygen atoms in total. The smallest absolute Gasteiger partial charge is 0.123 e. The van der Waals surface area contributed by atoms with E-state index in [1.165, 1.54) is 0 Å². The van der Waals surface area contributed by atoms with Crippen molar-refractivity contribution in [1.82, 2.24) is 0 Å². The quantitative estimate of drug-likeness (QED) is 0.532. The van der Waals surface area contributed by atoms with Crippen LogP contribution in [0.3, 0.4) is 0 Å². The average Bonchev–Trinajstić information content (AvgIpc) is 1.65. The molecule has 0 aliphatic carbocycles. The van der Waals surface area contributed by atoms with Gasteiger partial charge in [-0.15, -0.1) is 0 Å². The highest BCUT2D eigenvalue weighted by molar-refractivity contribution is 4.44. The molecule has 2 heteroatoms. The fraction of sp³-hybridized carbons (Fsp3) is 1.00. The van der Waals surface area contributed by atoms with Gasteiger partial charge in [0.05, 0.1) is 6.61 Å².